The Hall–Kier alpha value is -3.40. The fraction of sp³-hybridized carbons (Fsp3) is 0.462. The van der Waals surface area contributed by atoms with E-state index in [0.717, 1.165) is 34.6 Å². The smallest absolute Gasteiger partial charge is 0.369 e. The predicted molar refractivity (Wildman–Crippen MR) is 134 cm³/mol. The Bertz CT molecular complexity index is 1440. The molecule has 230 valence electrons. The van der Waals surface area contributed by atoms with Crippen LogP contribution < -0.4 is 4.31 Å². The van der Waals surface area contributed by atoms with Gasteiger partial charge in [0.1, 0.15) is 5.82 Å². The Labute approximate surface area is 236 Å². The number of carbonyl (C=O) groups is 2. The number of rotatable bonds is 5. The molecule has 16 heteroatoms. The maximum atomic E-state index is 13.8. The van der Waals surface area contributed by atoms with E-state index in [0.29, 0.717) is 12.1 Å². The van der Waals surface area contributed by atoms with E-state index in [9.17, 15) is 53.8 Å². The van der Waals surface area contributed by atoms with Crippen LogP contribution in [0.3, 0.4) is 0 Å². The Morgan fingerprint density at radius 2 is 1.45 bits per heavy atom. The summed E-state index contributed by atoms with van der Waals surface area (Å²) in [6, 6.07) is 4.06. The third kappa shape index (κ3) is 5.65. The summed E-state index contributed by atoms with van der Waals surface area (Å²) in [6.07, 6.45) is -13.0. The highest BCUT2D eigenvalue weighted by Crippen LogP contribution is 2.51. The number of fused-ring (bicyclic) bond motifs is 1. The van der Waals surface area contributed by atoms with Gasteiger partial charge in [-0.2, -0.15) is 26.3 Å². The normalized spacial score (nSPS) is 18.6. The summed E-state index contributed by atoms with van der Waals surface area (Å²) < 4.78 is 123. The second-order valence-electron chi connectivity index (χ2n) is 10.1. The van der Waals surface area contributed by atoms with Gasteiger partial charge in [0.25, 0.3) is 15.6 Å². The molecular weight excluding hydrogens is 599 g/mol. The van der Waals surface area contributed by atoms with Crippen molar-refractivity contribution in [1.82, 2.24) is 9.80 Å². The lowest BCUT2D eigenvalue weighted by molar-refractivity contribution is -0.376. The SMILES string of the molecule is CC(=O)N1CCN(C(=O)C[C@@H]2CCc3cc(C(O)(C(F)(F)F)C(F)(F)F)ccc3N2S(=O)(=O)c2ccc(F)cc2)CC1. The summed E-state index contributed by atoms with van der Waals surface area (Å²) in [7, 11) is -4.61. The number of nitrogens with zero attached hydrogens (tertiary/aromatic N) is 3. The van der Waals surface area contributed by atoms with E-state index >= 15 is 0 Å². The zero-order valence-corrected chi connectivity index (χ0v) is 22.9. The summed E-state index contributed by atoms with van der Waals surface area (Å²) in [5.41, 5.74) is -7.27. The molecule has 0 aromatic heterocycles. The number of piperazine rings is 1. The topological polar surface area (TPSA) is 98.2 Å². The molecule has 2 aliphatic heterocycles. The standard InChI is InChI=1S/C26H26F7N3O5S/c1-16(37)34-10-12-35(13-11-34)23(38)15-20-6-2-17-14-18(24(39,25(28,29)30)26(31,32)33)3-9-22(17)36(20)42(40,41)21-7-4-19(27)5-8-21/h3-5,7-9,14,20,39H,2,6,10-13,15H2,1H3/t20-/m0/s1. The molecule has 8 nitrogen and oxygen atoms in total. The van der Waals surface area contributed by atoms with Crippen molar-refractivity contribution < 1.29 is 53.8 Å². The molecule has 1 atom stereocenters. The monoisotopic (exact) mass is 625 g/mol. The molecule has 0 unspecified atom stereocenters. The van der Waals surface area contributed by atoms with Gasteiger partial charge < -0.3 is 14.9 Å². The number of amides is 2. The predicted octanol–water partition coefficient (Wildman–Crippen LogP) is 3.73. The molecule has 42 heavy (non-hydrogen) atoms. The first-order chi connectivity index (χ1) is 19.4. The highest BCUT2D eigenvalue weighted by molar-refractivity contribution is 7.92. The first-order valence-electron chi connectivity index (χ1n) is 12.7. The Morgan fingerprint density at radius 1 is 0.905 bits per heavy atom. The van der Waals surface area contributed by atoms with Gasteiger partial charge in [0.15, 0.2) is 0 Å². The number of hydrogen-bond donors (Lipinski definition) is 1. The fourth-order valence-electron chi connectivity index (χ4n) is 5.18. The van der Waals surface area contributed by atoms with Crippen LogP contribution in [-0.2, 0) is 31.6 Å². The van der Waals surface area contributed by atoms with Crippen LogP contribution in [0.4, 0.5) is 36.4 Å². The number of hydrogen-bond acceptors (Lipinski definition) is 5. The zero-order valence-electron chi connectivity index (χ0n) is 22.0. The molecule has 1 saturated heterocycles. The summed E-state index contributed by atoms with van der Waals surface area (Å²) in [4.78, 5) is 27.3. The molecular formula is C26H26F7N3O5S. The van der Waals surface area contributed by atoms with Gasteiger partial charge in [0.05, 0.1) is 16.6 Å². The molecule has 0 radical (unpaired) electrons. The molecule has 1 fully saturated rings. The zero-order chi connectivity index (χ0) is 31.3. The minimum atomic E-state index is -6.14. The largest absolute Gasteiger partial charge is 0.430 e. The first kappa shape index (κ1) is 31.5. The lowest BCUT2D eigenvalue weighted by Gasteiger charge is -2.40. The van der Waals surface area contributed by atoms with Crippen LogP contribution in [0.25, 0.3) is 0 Å². The van der Waals surface area contributed by atoms with Crippen LogP contribution in [0.5, 0.6) is 0 Å². The van der Waals surface area contributed by atoms with Gasteiger partial charge in [-0.25, -0.2) is 12.8 Å². The average Bonchev–Trinajstić information content (AvgIpc) is 2.91. The van der Waals surface area contributed by atoms with Crippen molar-refractivity contribution in [3.8, 4) is 0 Å². The number of aryl methyl sites for hydroxylation is 1. The average molecular weight is 626 g/mol. The molecule has 0 spiro atoms. The fourth-order valence-corrected chi connectivity index (χ4v) is 6.90. The summed E-state index contributed by atoms with van der Waals surface area (Å²) in [6.45, 7) is 2.27. The lowest BCUT2D eigenvalue weighted by Crippen LogP contribution is -2.54. The van der Waals surface area contributed by atoms with E-state index in [1.54, 1.807) is 0 Å². The summed E-state index contributed by atoms with van der Waals surface area (Å²) >= 11 is 0. The van der Waals surface area contributed by atoms with Crippen molar-refractivity contribution in [2.24, 2.45) is 0 Å². The molecule has 0 saturated carbocycles. The third-order valence-electron chi connectivity index (χ3n) is 7.49. The van der Waals surface area contributed by atoms with Gasteiger partial charge in [0.2, 0.25) is 11.8 Å². The lowest BCUT2D eigenvalue weighted by atomic mass is 9.87. The maximum absolute atomic E-state index is 13.8. The van der Waals surface area contributed by atoms with Crippen molar-refractivity contribution in [3.63, 3.8) is 0 Å². The number of sulfonamides is 1. The first-order valence-corrected chi connectivity index (χ1v) is 14.1. The number of anilines is 1. The molecule has 0 aliphatic carbocycles. The van der Waals surface area contributed by atoms with Crippen molar-refractivity contribution in [3.05, 3.63) is 59.4 Å². The van der Waals surface area contributed by atoms with Crippen molar-refractivity contribution in [1.29, 1.82) is 0 Å². The van der Waals surface area contributed by atoms with Gasteiger partial charge >= 0.3 is 12.4 Å². The highest BCUT2D eigenvalue weighted by atomic mass is 32.2. The second kappa shape index (κ2) is 11.0. The Morgan fingerprint density at radius 3 is 1.98 bits per heavy atom. The quantitative estimate of drug-likeness (QED) is 0.511. The van der Waals surface area contributed by atoms with Crippen LogP contribution in [0.1, 0.15) is 30.9 Å². The van der Waals surface area contributed by atoms with Crippen LogP contribution >= 0.6 is 0 Å². The van der Waals surface area contributed by atoms with Gasteiger partial charge in [0, 0.05) is 45.1 Å². The molecule has 2 aromatic rings. The van der Waals surface area contributed by atoms with E-state index in [1.807, 2.05) is 0 Å². The van der Waals surface area contributed by atoms with Crippen molar-refractivity contribution >= 4 is 27.5 Å². The number of alkyl halides is 6. The van der Waals surface area contributed by atoms with Crippen LogP contribution in [0.15, 0.2) is 47.4 Å². The van der Waals surface area contributed by atoms with Crippen LogP contribution in [0, 0.1) is 5.82 Å². The van der Waals surface area contributed by atoms with E-state index in [4.69, 9.17) is 0 Å². The number of aliphatic hydroxyl groups is 1. The van der Waals surface area contributed by atoms with Crippen LogP contribution in [0.2, 0.25) is 0 Å². The van der Waals surface area contributed by atoms with E-state index < -0.39 is 56.2 Å². The minimum absolute atomic E-state index is 0.160. The van der Waals surface area contributed by atoms with E-state index in [2.05, 4.69) is 0 Å². The molecule has 2 amide bonds. The van der Waals surface area contributed by atoms with Crippen molar-refractivity contribution in [2.75, 3.05) is 30.5 Å². The minimum Gasteiger partial charge on any atom is -0.369 e. The number of carbonyl (C=O) groups excluding carboxylic acids is 2. The molecule has 1 N–H and O–H groups in total. The Balaban J connectivity index is 1.75. The molecule has 4 rings (SSSR count). The number of halogens is 7. The summed E-state index contributed by atoms with van der Waals surface area (Å²) in [5.74, 6) is -1.40. The van der Waals surface area contributed by atoms with E-state index in [1.165, 1.54) is 16.7 Å². The van der Waals surface area contributed by atoms with Gasteiger partial charge in [-0.15, -0.1) is 0 Å². The van der Waals surface area contributed by atoms with Gasteiger partial charge in [-0.1, -0.05) is 12.1 Å². The highest BCUT2D eigenvalue weighted by Gasteiger charge is 2.71. The van der Waals surface area contributed by atoms with Gasteiger partial charge in [-0.3, -0.25) is 13.9 Å². The van der Waals surface area contributed by atoms with Crippen LogP contribution in [-0.4, -0.2) is 79.7 Å². The number of benzene rings is 2. The van der Waals surface area contributed by atoms with Crippen molar-refractivity contribution in [2.45, 2.75) is 55.1 Å². The molecule has 2 aromatic carbocycles. The molecule has 0 bridgehead atoms. The van der Waals surface area contributed by atoms with Gasteiger partial charge in [-0.05, 0) is 48.7 Å². The van der Waals surface area contributed by atoms with E-state index in [-0.39, 0.29) is 62.6 Å². The molecule has 2 aliphatic rings. The summed E-state index contributed by atoms with van der Waals surface area (Å²) in [5, 5.41) is 9.86. The second-order valence-corrected chi connectivity index (χ2v) is 11.9. The maximum Gasteiger partial charge on any atom is 0.430 e. The molecule has 2 heterocycles. The Kier molecular flexibility index (Phi) is 8.28. The third-order valence-corrected chi connectivity index (χ3v) is 9.37.